The van der Waals surface area contributed by atoms with Crippen LogP contribution in [0.5, 0.6) is 0 Å². The molecule has 30 heavy (non-hydrogen) atoms. The third-order valence-electron chi connectivity index (χ3n) is 7.01. The van der Waals surface area contributed by atoms with Gasteiger partial charge in [0.25, 0.3) is 0 Å². The maximum absolute atomic E-state index is 13.7. The van der Waals surface area contributed by atoms with Crippen LogP contribution in [0.1, 0.15) is 48.5 Å². The molecule has 6 rings (SSSR count). The first-order valence-corrected chi connectivity index (χ1v) is 10.7. The van der Waals surface area contributed by atoms with Gasteiger partial charge in [-0.1, -0.05) is 30.3 Å². The Kier molecular flexibility index (Phi) is 3.82. The van der Waals surface area contributed by atoms with E-state index in [1.54, 1.807) is 12.1 Å². The zero-order valence-electron chi connectivity index (χ0n) is 16.6. The van der Waals surface area contributed by atoms with Crippen molar-refractivity contribution in [2.75, 3.05) is 0 Å². The predicted octanol–water partition coefficient (Wildman–Crippen LogP) is 4.60. The van der Waals surface area contributed by atoms with Crippen LogP contribution in [0.4, 0.5) is 4.39 Å². The highest BCUT2D eigenvalue weighted by Gasteiger charge is 2.57. The third kappa shape index (κ3) is 2.61. The number of fused-ring (bicyclic) bond motifs is 4. The smallest absolute Gasteiger partial charge is 0.234 e. The summed E-state index contributed by atoms with van der Waals surface area (Å²) < 4.78 is 13.3. The first kappa shape index (κ1) is 17.8. The zero-order chi connectivity index (χ0) is 20.3. The number of amides is 1. The minimum Gasteiger partial charge on any atom is -0.331 e. The van der Waals surface area contributed by atoms with Crippen molar-refractivity contribution in [3.63, 3.8) is 0 Å². The van der Waals surface area contributed by atoms with E-state index in [1.807, 2.05) is 24.4 Å². The Balaban J connectivity index is 1.33. The molecule has 0 N–H and O–H groups in total. The summed E-state index contributed by atoms with van der Waals surface area (Å²) in [6, 6.07) is 16.8. The maximum atomic E-state index is 13.7. The van der Waals surface area contributed by atoms with Crippen LogP contribution in [0, 0.1) is 5.82 Å². The Morgan fingerprint density at radius 3 is 2.53 bits per heavy atom. The number of aromatic nitrogens is 2. The van der Waals surface area contributed by atoms with E-state index in [4.69, 9.17) is 4.98 Å². The minimum absolute atomic E-state index is 0.0645. The Bertz CT molecular complexity index is 1120. The lowest BCUT2D eigenvalue weighted by atomic mass is 9.91. The van der Waals surface area contributed by atoms with Gasteiger partial charge in [0.05, 0.1) is 17.2 Å². The van der Waals surface area contributed by atoms with E-state index in [-0.39, 0.29) is 29.2 Å². The Morgan fingerprint density at radius 2 is 1.80 bits per heavy atom. The molecule has 2 atom stereocenters. The van der Waals surface area contributed by atoms with Gasteiger partial charge in [0.2, 0.25) is 5.91 Å². The van der Waals surface area contributed by atoms with E-state index in [0.717, 1.165) is 54.5 Å². The van der Waals surface area contributed by atoms with Gasteiger partial charge in [-0.2, -0.15) is 0 Å². The summed E-state index contributed by atoms with van der Waals surface area (Å²) in [5, 5.41) is 0. The number of carbonyl (C=O) groups excluding carboxylic acids is 1. The quantitative estimate of drug-likeness (QED) is 0.647. The molecule has 1 saturated carbocycles. The number of rotatable bonds is 3. The topological polar surface area (TPSA) is 46.1 Å². The molecule has 0 spiro atoms. The molecule has 0 radical (unpaired) electrons. The molecule has 150 valence electrons. The van der Waals surface area contributed by atoms with Crippen molar-refractivity contribution >= 4 is 5.91 Å². The van der Waals surface area contributed by atoms with Crippen molar-refractivity contribution in [3.8, 4) is 11.4 Å². The van der Waals surface area contributed by atoms with Gasteiger partial charge in [0.15, 0.2) is 5.82 Å². The fourth-order valence-corrected chi connectivity index (χ4v) is 5.28. The average Bonchev–Trinajstić information content (AvgIpc) is 3.53. The lowest BCUT2D eigenvalue weighted by Crippen LogP contribution is -2.47. The number of nitrogens with zero attached hydrogens (tertiary/aromatic N) is 3. The average molecular weight is 399 g/mol. The lowest BCUT2D eigenvalue weighted by molar-refractivity contribution is -0.137. The maximum Gasteiger partial charge on any atom is 0.234 e. The minimum atomic E-state index is -0.339. The van der Waals surface area contributed by atoms with Gasteiger partial charge in [-0.3, -0.25) is 4.79 Å². The van der Waals surface area contributed by atoms with Crippen molar-refractivity contribution in [2.45, 2.75) is 49.6 Å². The van der Waals surface area contributed by atoms with Gasteiger partial charge in [-0.25, -0.2) is 14.4 Å². The fourth-order valence-electron chi connectivity index (χ4n) is 5.28. The molecular weight excluding hydrogens is 377 g/mol. The second-order valence-corrected chi connectivity index (χ2v) is 8.71. The van der Waals surface area contributed by atoms with Crippen LogP contribution in [0.2, 0.25) is 0 Å². The van der Waals surface area contributed by atoms with Crippen LogP contribution >= 0.6 is 0 Å². The summed E-state index contributed by atoms with van der Waals surface area (Å²) in [6.45, 7) is 0. The predicted molar refractivity (Wildman–Crippen MR) is 111 cm³/mol. The number of hydrogen-bond acceptors (Lipinski definition) is 3. The van der Waals surface area contributed by atoms with E-state index >= 15 is 0 Å². The Morgan fingerprint density at radius 1 is 1.03 bits per heavy atom. The summed E-state index contributed by atoms with van der Waals surface area (Å²) in [7, 11) is 0. The molecule has 3 heterocycles. The van der Waals surface area contributed by atoms with Gasteiger partial charge >= 0.3 is 0 Å². The van der Waals surface area contributed by atoms with Crippen LogP contribution in [-0.2, 0) is 16.6 Å². The fraction of sp³-hybridized carbons (Fsp3) is 0.320. The van der Waals surface area contributed by atoms with Crippen LogP contribution in [0.3, 0.4) is 0 Å². The highest BCUT2D eigenvalue weighted by molar-refractivity contribution is 5.92. The van der Waals surface area contributed by atoms with Gasteiger partial charge in [0.1, 0.15) is 5.82 Å². The Labute approximate surface area is 174 Å². The van der Waals surface area contributed by atoms with E-state index in [2.05, 4.69) is 22.0 Å². The molecule has 2 bridgehead atoms. The largest absolute Gasteiger partial charge is 0.331 e. The molecule has 1 amide bonds. The number of benzene rings is 2. The molecule has 0 unspecified atom stereocenters. The van der Waals surface area contributed by atoms with Crippen molar-refractivity contribution < 1.29 is 9.18 Å². The summed E-state index contributed by atoms with van der Waals surface area (Å²) in [6.07, 6.45) is 6.48. The monoisotopic (exact) mass is 399 g/mol. The van der Waals surface area contributed by atoms with E-state index in [1.165, 1.54) is 12.1 Å². The van der Waals surface area contributed by atoms with Crippen molar-refractivity contribution in [2.24, 2.45) is 0 Å². The van der Waals surface area contributed by atoms with Crippen molar-refractivity contribution in [1.29, 1.82) is 0 Å². The van der Waals surface area contributed by atoms with Crippen molar-refractivity contribution in [1.82, 2.24) is 14.9 Å². The van der Waals surface area contributed by atoms with E-state index in [0.29, 0.717) is 5.82 Å². The van der Waals surface area contributed by atoms with Crippen LogP contribution < -0.4 is 0 Å². The summed E-state index contributed by atoms with van der Waals surface area (Å²) in [4.78, 5) is 25.2. The number of hydrogen-bond donors (Lipinski definition) is 0. The Hall–Kier alpha value is -3.08. The van der Waals surface area contributed by atoms with Crippen LogP contribution in [-0.4, -0.2) is 26.8 Å². The molecule has 4 nitrogen and oxygen atoms in total. The SMILES string of the molecule is O=C(N1[C@H]2CC[C@@H]1c1cnc(-c3ccc(F)cc3)nc1C2)C1(c2ccccc2)CC1. The second-order valence-electron chi connectivity index (χ2n) is 8.71. The zero-order valence-corrected chi connectivity index (χ0v) is 16.6. The molecule has 3 aliphatic rings. The van der Waals surface area contributed by atoms with E-state index in [9.17, 15) is 9.18 Å². The highest BCUT2D eigenvalue weighted by atomic mass is 19.1. The van der Waals surface area contributed by atoms with Gasteiger partial charge < -0.3 is 4.90 Å². The third-order valence-corrected chi connectivity index (χ3v) is 7.01. The molecule has 1 aromatic heterocycles. The van der Waals surface area contributed by atoms with Gasteiger partial charge in [-0.05, 0) is 55.5 Å². The molecule has 5 heteroatoms. The van der Waals surface area contributed by atoms with Gasteiger partial charge in [-0.15, -0.1) is 0 Å². The van der Waals surface area contributed by atoms with Crippen molar-refractivity contribution in [3.05, 3.63) is 83.4 Å². The van der Waals surface area contributed by atoms with Crippen LogP contribution in [0.15, 0.2) is 60.8 Å². The molecular formula is C25H22FN3O. The summed E-state index contributed by atoms with van der Waals surface area (Å²) in [5.41, 5.74) is 3.72. The number of carbonyl (C=O) groups is 1. The first-order chi connectivity index (χ1) is 14.7. The lowest BCUT2D eigenvalue weighted by Gasteiger charge is -2.38. The van der Waals surface area contributed by atoms with E-state index < -0.39 is 0 Å². The standard InChI is InChI=1S/C25H22FN3O/c26-18-8-6-16(7-9-18)23-27-15-20-21(28-23)14-19-10-11-22(20)29(19)24(30)25(12-13-25)17-4-2-1-3-5-17/h1-9,15,19,22H,10-14H2/t19-,22+/m0/s1. The van der Waals surface area contributed by atoms with Crippen LogP contribution in [0.25, 0.3) is 11.4 Å². The summed E-state index contributed by atoms with van der Waals surface area (Å²) >= 11 is 0. The molecule has 1 aliphatic carbocycles. The number of halogens is 1. The molecule has 1 saturated heterocycles. The molecule has 2 aromatic carbocycles. The highest BCUT2D eigenvalue weighted by Crippen LogP contribution is 2.54. The normalized spacial score (nSPS) is 23.2. The molecule has 3 aromatic rings. The molecule has 2 aliphatic heterocycles. The van der Waals surface area contributed by atoms with Gasteiger partial charge in [0, 0.05) is 29.8 Å². The second kappa shape index (κ2) is 6.46. The summed E-state index contributed by atoms with van der Waals surface area (Å²) in [5.74, 6) is 0.627. The molecule has 2 fully saturated rings. The first-order valence-electron chi connectivity index (χ1n) is 10.7.